The molecule has 3 rings (SSSR count). The van der Waals surface area contributed by atoms with Crippen molar-refractivity contribution in [2.45, 2.75) is 19.5 Å². The van der Waals surface area contributed by atoms with E-state index in [0.29, 0.717) is 29.7 Å². The van der Waals surface area contributed by atoms with E-state index in [-0.39, 0.29) is 23.8 Å². The summed E-state index contributed by atoms with van der Waals surface area (Å²) in [4.78, 5) is 14.9. The maximum Gasteiger partial charge on any atom is 0.416 e. The highest BCUT2D eigenvalue weighted by molar-refractivity contribution is 5.75. The zero-order valence-corrected chi connectivity index (χ0v) is 14.7. The second-order valence-corrected chi connectivity index (χ2v) is 6.00. The van der Waals surface area contributed by atoms with Gasteiger partial charge >= 0.3 is 6.18 Å². The highest BCUT2D eigenvalue weighted by atomic mass is 19.4. The lowest BCUT2D eigenvalue weighted by Gasteiger charge is -2.06. The standard InChI is InChI=1S/C20H15F4NO3/c1-12-17(8-9-27-18-7-2-13(11-26)10-16(18)21)25-19(28-12)14-3-5-15(6-4-14)20(22,23)24/h2-7,10-11H,8-9H2,1H3. The number of carbonyl (C=O) groups excluding carboxylic acids is 1. The molecule has 28 heavy (non-hydrogen) atoms. The topological polar surface area (TPSA) is 52.3 Å². The second kappa shape index (κ2) is 7.84. The summed E-state index contributed by atoms with van der Waals surface area (Å²) < 4.78 is 62.6. The Kier molecular flexibility index (Phi) is 5.48. The van der Waals surface area contributed by atoms with Crippen LogP contribution in [-0.2, 0) is 12.6 Å². The van der Waals surface area contributed by atoms with E-state index in [1.807, 2.05) is 0 Å². The summed E-state index contributed by atoms with van der Waals surface area (Å²) in [6.07, 6.45) is -3.56. The lowest BCUT2D eigenvalue weighted by molar-refractivity contribution is -0.137. The van der Waals surface area contributed by atoms with E-state index in [4.69, 9.17) is 9.15 Å². The van der Waals surface area contributed by atoms with Crippen LogP contribution in [-0.4, -0.2) is 17.9 Å². The minimum Gasteiger partial charge on any atom is -0.490 e. The predicted octanol–water partition coefficient (Wildman–Crippen LogP) is 5.24. The molecule has 0 amide bonds. The molecule has 0 saturated carbocycles. The Balaban J connectivity index is 1.66. The smallest absolute Gasteiger partial charge is 0.416 e. The molecular weight excluding hydrogens is 378 g/mol. The van der Waals surface area contributed by atoms with Gasteiger partial charge in [0.1, 0.15) is 12.0 Å². The molecule has 2 aromatic carbocycles. The summed E-state index contributed by atoms with van der Waals surface area (Å²) >= 11 is 0. The van der Waals surface area contributed by atoms with Gasteiger partial charge in [-0.05, 0) is 49.4 Å². The molecule has 146 valence electrons. The van der Waals surface area contributed by atoms with Crippen LogP contribution in [0.15, 0.2) is 46.9 Å². The largest absolute Gasteiger partial charge is 0.490 e. The number of aromatic nitrogens is 1. The molecule has 1 aromatic heterocycles. The van der Waals surface area contributed by atoms with E-state index in [1.165, 1.54) is 24.3 Å². The summed E-state index contributed by atoms with van der Waals surface area (Å²) in [5, 5.41) is 0. The summed E-state index contributed by atoms with van der Waals surface area (Å²) in [6.45, 7) is 1.78. The SMILES string of the molecule is Cc1oc(-c2ccc(C(F)(F)F)cc2)nc1CCOc1ccc(C=O)cc1F. The van der Waals surface area contributed by atoms with Crippen LogP contribution >= 0.6 is 0 Å². The number of oxazole rings is 1. The number of benzene rings is 2. The van der Waals surface area contributed by atoms with Crippen molar-refractivity contribution in [2.24, 2.45) is 0 Å². The number of hydrogen-bond acceptors (Lipinski definition) is 4. The molecule has 0 N–H and O–H groups in total. The van der Waals surface area contributed by atoms with Crippen molar-refractivity contribution in [2.75, 3.05) is 6.61 Å². The van der Waals surface area contributed by atoms with Gasteiger partial charge in [-0.15, -0.1) is 0 Å². The third kappa shape index (κ3) is 4.39. The second-order valence-electron chi connectivity index (χ2n) is 6.00. The third-order valence-corrected chi connectivity index (χ3v) is 4.04. The average Bonchev–Trinajstić information content (AvgIpc) is 3.03. The normalized spacial score (nSPS) is 11.5. The predicted molar refractivity (Wildman–Crippen MR) is 92.7 cm³/mol. The molecule has 0 aliphatic heterocycles. The molecular formula is C20H15F4NO3. The first kappa shape index (κ1) is 19.6. The van der Waals surface area contributed by atoms with Crippen molar-refractivity contribution >= 4 is 6.29 Å². The number of rotatable bonds is 6. The van der Waals surface area contributed by atoms with Gasteiger partial charge in [0.2, 0.25) is 5.89 Å². The van der Waals surface area contributed by atoms with Gasteiger partial charge in [0.05, 0.1) is 17.9 Å². The monoisotopic (exact) mass is 393 g/mol. The van der Waals surface area contributed by atoms with Crippen LogP contribution in [0.5, 0.6) is 5.75 Å². The van der Waals surface area contributed by atoms with Gasteiger partial charge in [0, 0.05) is 17.5 Å². The van der Waals surface area contributed by atoms with E-state index in [2.05, 4.69) is 4.98 Å². The summed E-state index contributed by atoms with van der Waals surface area (Å²) in [7, 11) is 0. The molecule has 0 aliphatic carbocycles. The molecule has 0 bridgehead atoms. The van der Waals surface area contributed by atoms with Crippen LogP contribution in [0.4, 0.5) is 17.6 Å². The lowest BCUT2D eigenvalue weighted by atomic mass is 10.1. The van der Waals surface area contributed by atoms with E-state index in [1.54, 1.807) is 6.92 Å². The Hall–Kier alpha value is -3.16. The van der Waals surface area contributed by atoms with Crippen molar-refractivity contribution in [1.82, 2.24) is 4.98 Å². The fourth-order valence-electron chi connectivity index (χ4n) is 2.55. The van der Waals surface area contributed by atoms with Crippen LogP contribution in [0.1, 0.15) is 27.4 Å². The fraction of sp³-hybridized carbons (Fsp3) is 0.200. The zero-order chi connectivity index (χ0) is 20.3. The molecule has 4 nitrogen and oxygen atoms in total. The van der Waals surface area contributed by atoms with E-state index in [9.17, 15) is 22.4 Å². The van der Waals surface area contributed by atoms with Gasteiger partial charge in [-0.1, -0.05) is 0 Å². The minimum atomic E-state index is -4.41. The molecule has 0 atom stereocenters. The zero-order valence-electron chi connectivity index (χ0n) is 14.7. The van der Waals surface area contributed by atoms with Crippen molar-refractivity contribution in [1.29, 1.82) is 0 Å². The van der Waals surface area contributed by atoms with Crippen molar-refractivity contribution in [3.05, 3.63) is 70.9 Å². The maximum absolute atomic E-state index is 13.8. The Bertz CT molecular complexity index is 978. The van der Waals surface area contributed by atoms with Crippen molar-refractivity contribution in [3.63, 3.8) is 0 Å². The number of nitrogens with zero attached hydrogens (tertiary/aromatic N) is 1. The molecule has 8 heteroatoms. The first-order chi connectivity index (χ1) is 13.3. The first-order valence-electron chi connectivity index (χ1n) is 8.29. The van der Waals surface area contributed by atoms with Gasteiger partial charge in [-0.25, -0.2) is 9.37 Å². The number of aldehydes is 1. The quantitative estimate of drug-likeness (QED) is 0.424. The van der Waals surface area contributed by atoms with Gasteiger partial charge in [-0.2, -0.15) is 13.2 Å². The van der Waals surface area contributed by atoms with Crippen LogP contribution < -0.4 is 4.74 Å². The minimum absolute atomic E-state index is 0.00899. The molecule has 0 fully saturated rings. The number of alkyl halides is 3. The molecule has 0 spiro atoms. The Morgan fingerprint density at radius 2 is 1.86 bits per heavy atom. The average molecular weight is 393 g/mol. The highest BCUT2D eigenvalue weighted by Crippen LogP contribution is 2.31. The van der Waals surface area contributed by atoms with Gasteiger partial charge in [0.15, 0.2) is 11.6 Å². The first-order valence-corrected chi connectivity index (χ1v) is 8.29. The molecule has 0 saturated heterocycles. The van der Waals surface area contributed by atoms with Crippen LogP contribution in [0.25, 0.3) is 11.5 Å². The van der Waals surface area contributed by atoms with E-state index in [0.717, 1.165) is 18.2 Å². The maximum atomic E-state index is 13.8. The van der Waals surface area contributed by atoms with E-state index < -0.39 is 17.6 Å². The van der Waals surface area contributed by atoms with Gasteiger partial charge in [-0.3, -0.25) is 4.79 Å². The van der Waals surface area contributed by atoms with Crippen molar-refractivity contribution in [3.8, 4) is 17.2 Å². The molecule has 0 radical (unpaired) electrons. The fourth-order valence-corrected chi connectivity index (χ4v) is 2.55. The number of carbonyl (C=O) groups is 1. The number of halogens is 4. The lowest BCUT2D eigenvalue weighted by Crippen LogP contribution is -2.04. The number of hydrogen-bond donors (Lipinski definition) is 0. The summed E-state index contributed by atoms with van der Waals surface area (Å²) in [6, 6.07) is 8.38. The van der Waals surface area contributed by atoms with Crippen LogP contribution in [0, 0.1) is 12.7 Å². The number of ether oxygens (including phenoxy) is 1. The highest BCUT2D eigenvalue weighted by Gasteiger charge is 2.30. The van der Waals surface area contributed by atoms with Gasteiger partial charge < -0.3 is 9.15 Å². The van der Waals surface area contributed by atoms with Gasteiger partial charge in [0.25, 0.3) is 0 Å². The van der Waals surface area contributed by atoms with Crippen molar-refractivity contribution < 1.29 is 31.5 Å². The van der Waals surface area contributed by atoms with Crippen LogP contribution in [0.2, 0.25) is 0 Å². The van der Waals surface area contributed by atoms with Crippen LogP contribution in [0.3, 0.4) is 0 Å². The number of aryl methyl sites for hydroxylation is 1. The third-order valence-electron chi connectivity index (χ3n) is 4.04. The summed E-state index contributed by atoms with van der Waals surface area (Å²) in [5.74, 6) is 0.0552. The Morgan fingerprint density at radius 3 is 2.46 bits per heavy atom. The Labute approximate surface area is 157 Å². The molecule has 1 heterocycles. The molecule has 0 aliphatic rings. The summed E-state index contributed by atoms with van der Waals surface area (Å²) in [5.41, 5.74) is 0.424. The van der Waals surface area contributed by atoms with E-state index >= 15 is 0 Å². The Morgan fingerprint density at radius 1 is 1.14 bits per heavy atom. The molecule has 3 aromatic rings. The molecule has 0 unspecified atom stereocenters.